The summed E-state index contributed by atoms with van der Waals surface area (Å²) in [5.74, 6) is -0.204. The number of carbonyl (C=O) groups is 1. The largest absolute Gasteiger partial charge is 0.423 e. The van der Waals surface area contributed by atoms with E-state index in [-0.39, 0.29) is 0 Å². The van der Waals surface area contributed by atoms with Crippen LogP contribution in [0.1, 0.15) is 10.4 Å². The van der Waals surface area contributed by atoms with Crippen molar-refractivity contribution < 1.29 is 13.9 Å². The molecule has 0 radical (unpaired) electrons. The fourth-order valence-corrected chi connectivity index (χ4v) is 2.63. The average Bonchev–Trinajstić information content (AvgIpc) is 2.69. The topological polar surface area (TPSA) is 69.4 Å². The molecule has 0 saturated heterocycles. The molecule has 5 heteroatoms. The number of hydrogen-bond donors (Lipinski definition) is 0. The van der Waals surface area contributed by atoms with Crippen molar-refractivity contribution in [3.05, 3.63) is 95.1 Å². The first-order valence-electron chi connectivity index (χ1n) is 7.96. The smallest absolute Gasteiger partial charge is 0.344 e. The van der Waals surface area contributed by atoms with Crippen LogP contribution in [0, 0.1) is 0 Å². The fourth-order valence-electron chi connectivity index (χ4n) is 2.63. The summed E-state index contributed by atoms with van der Waals surface area (Å²) in [5, 5.41) is 0.743. The fraction of sp³-hybridized carbons (Fsp3) is 0. The van der Waals surface area contributed by atoms with Gasteiger partial charge in [-0.3, -0.25) is 4.98 Å². The maximum atomic E-state index is 12.3. The zero-order valence-corrected chi connectivity index (χ0v) is 13.6. The summed E-state index contributed by atoms with van der Waals surface area (Å²) in [5.41, 5.74) is 1.58. The van der Waals surface area contributed by atoms with Crippen molar-refractivity contribution >= 4 is 16.9 Å². The Morgan fingerprint density at radius 3 is 2.46 bits per heavy atom. The van der Waals surface area contributed by atoms with E-state index in [2.05, 4.69) is 4.98 Å². The van der Waals surface area contributed by atoms with Crippen LogP contribution in [0.2, 0.25) is 0 Å². The second-order valence-corrected chi connectivity index (χ2v) is 5.64. The highest BCUT2D eigenvalue weighted by Gasteiger charge is 2.11. The highest BCUT2D eigenvalue weighted by atomic mass is 16.5. The number of aromatic nitrogens is 1. The zero-order valence-electron chi connectivity index (χ0n) is 13.6. The van der Waals surface area contributed by atoms with Gasteiger partial charge in [0.1, 0.15) is 11.3 Å². The molecule has 0 aliphatic carbocycles. The van der Waals surface area contributed by atoms with Crippen molar-refractivity contribution in [3.8, 4) is 16.9 Å². The molecule has 0 N–H and O–H groups in total. The first-order chi connectivity index (χ1) is 12.7. The number of esters is 1. The average molecular weight is 343 g/mol. The summed E-state index contributed by atoms with van der Waals surface area (Å²) in [6.45, 7) is 0. The summed E-state index contributed by atoms with van der Waals surface area (Å²) < 4.78 is 10.8. The summed E-state index contributed by atoms with van der Waals surface area (Å²) in [7, 11) is 0. The molecule has 126 valence electrons. The number of carbonyl (C=O) groups excluding carboxylic acids is 1. The van der Waals surface area contributed by atoms with E-state index >= 15 is 0 Å². The number of pyridine rings is 1. The van der Waals surface area contributed by atoms with E-state index in [4.69, 9.17) is 9.15 Å². The van der Waals surface area contributed by atoms with E-state index in [9.17, 15) is 9.59 Å². The van der Waals surface area contributed by atoms with Crippen LogP contribution in [-0.4, -0.2) is 11.0 Å². The lowest BCUT2D eigenvalue weighted by molar-refractivity contribution is 0.0735. The molecule has 0 fully saturated rings. The molecular formula is C21H13NO4. The van der Waals surface area contributed by atoms with Crippen LogP contribution in [0.4, 0.5) is 0 Å². The summed E-state index contributed by atoms with van der Waals surface area (Å²) >= 11 is 0. The summed E-state index contributed by atoms with van der Waals surface area (Å²) in [4.78, 5) is 28.3. The van der Waals surface area contributed by atoms with Crippen molar-refractivity contribution in [2.24, 2.45) is 0 Å². The maximum absolute atomic E-state index is 12.3. The molecule has 2 heterocycles. The van der Waals surface area contributed by atoms with E-state index in [1.165, 1.54) is 18.5 Å². The van der Waals surface area contributed by atoms with Crippen molar-refractivity contribution in [1.82, 2.24) is 4.98 Å². The van der Waals surface area contributed by atoms with E-state index in [1.54, 1.807) is 30.3 Å². The SMILES string of the molecule is O=C(Oc1ccc2cc(-c3ccccc3)c(=O)oc2c1)c1ccncc1. The molecule has 0 bridgehead atoms. The standard InChI is InChI=1S/C21H13NO4/c23-20(15-8-10-22-11-9-15)25-17-7-6-16-12-18(14-4-2-1-3-5-14)21(24)26-19(16)13-17/h1-13H. The van der Waals surface area contributed by atoms with E-state index < -0.39 is 11.6 Å². The predicted octanol–water partition coefficient (Wildman–Crippen LogP) is 4.07. The molecule has 4 rings (SSSR count). The minimum absolute atomic E-state index is 0.301. The Labute approximate surface area is 148 Å². The van der Waals surface area contributed by atoms with Gasteiger partial charge in [0.05, 0.1) is 11.1 Å². The molecule has 2 aromatic carbocycles. The van der Waals surface area contributed by atoms with Gasteiger partial charge in [-0.2, -0.15) is 0 Å². The van der Waals surface area contributed by atoms with Gasteiger partial charge in [0.2, 0.25) is 0 Å². The van der Waals surface area contributed by atoms with Gasteiger partial charge in [-0.15, -0.1) is 0 Å². The quantitative estimate of drug-likeness (QED) is 0.318. The van der Waals surface area contributed by atoms with Crippen molar-refractivity contribution in [3.63, 3.8) is 0 Å². The van der Waals surface area contributed by atoms with Gasteiger partial charge in [0.25, 0.3) is 0 Å². The lowest BCUT2D eigenvalue weighted by Gasteiger charge is -2.06. The highest BCUT2D eigenvalue weighted by molar-refractivity contribution is 5.91. The lowest BCUT2D eigenvalue weighted by Crippen LogP contribution is -2.08. The van der Waals surface area contributed by atoms with Gasteiger partial charge in [0, 0.05) is 23.8 Å². The number of benzene rings is 2. The Morgan fingerprint density at radius 1 is 0.923 bits per heavy atom. The molecule has 0 aliphatic rings. The molecular weight excluding hydrogens is 330 g/mol. The van der Waals surface area contributed by atoms with Gasteiger partial charge < -0.3 is 9.15 Å². The molecule has 0 atom stereocenters. The Bertz CT molecular complexity index is 1130. The van der Waals surface area contributed by atoms with Crippen molar-refractivity contribution in [1.29, 1.82) is 0 Å². The Hall–Kier alpha value is -3.73. The Kier molecular flexibility index (Phi) is 4.03. The lowest BCUT2D eigenvalue weighted by atomic mass is 10.1. The monoisotopic (exact) mass is 343 g/mol. The predicted molar refractivity (Wildman–Crippen MR) is 97.1 cm³/mol. The van der Waals surface area contributed by atoms with E-state index in [0.717, 1.165) is 10.9 Å². The molecule has 4 aromatic rings. The molecule has 0 spiro atoms. The molecule has 0 amide bonds. The van der Waals surface area contributed by atoms with Crippen LogP contribution < -0.4 is 10.4 Å². The Balaban J connectivity index is 1.68. The second kappa shape index (κ2) is 6.64. The molecule has 0 aliphatic heterocycles. The second-order valence-electron chi connectivity index (χ2n) is 5.64. The van der Waals surface area contributed by atoms with Crippen LogP contribution in [0.5, 0.6) is 5.75 Å². The van der Waals surface area contributed by atoms with Crippen molar-refractivity contribution in [2.75, 3.05) is 0 Å². The van der Waals surface area contributed by atoms with Crippen LogP contribution in [0.25, 0.3) is 22.1 Å². The van der Waals surface area contributed by atoms with Gasteiger partial charge in [0.15, 0.2) is 0 Å². The van der Waals surface area contributed by atoms with Crippen LogP contribution in [0.3, 0.4) is 0 Å². The highest BCUT2D eigenvalue weighted by Crippen LogP contribution is 2.24. The molecule has 0 unspecified atom stereocenters. The first kappa shape index (κ1) is 15.8. The third-order valence-corrected chi connectivity index (χ3v) is 3.92. The molecule has 2 aromatic heterocycles. The number of ether oxygens (including phenoxy) is 1. The van der Waals surface area contributed by atoms with Crippen LogP contribution in [-0.2, 0) is 0 Å². The maximum Gasteiger partial charge on any atom is 0.344 e. The van der Waals surface area contributed by atoms with Gasteiger partial charge in [-0.05, 0) is 35.9 Å². The van der Waals surface area contributed by atoms with E-state index in [0.29, 0.717) is 22.5 Å². The third-order valence-electron chi connectivity index (χ3n) is 3.92. The van der Waals surface area contributed by atoms with Gasteiger partial charge in [-0.1, -0.05) is 30.3 Å². The van der Waals surface area contributed by atoms with Crippen LogP contribution >= 0.6 is 0 Å². The summed E-state index contributed by atoms with van der Waals surface area (Å²) in [6, 6.07) is 19.2. The molecule has 26 heavy (non-hydrogen) atoms. The zero-order chi connectivity index (χ0) is 17.9. The minimum atomic E-state index is -0.505. The minimum Gasteiger partial charge on any atom is -0.423 e. The third kappa shape index (κ3) is 3.10. The normalized spacial score (nSPS) is 10.6. The molecule has 0 saturated carbocycles. The molecule has 5 nitrogen and oxygen atoms in total. The summed E-state index contributed by atoms with van der Waals surface area (Å²) in [6.07, 6.45) is 3.03. The van der Waals surface area contributed by atoms with Crippen LogP contribution in [0.15, 0.2) is 88.3 Å². The van der Waals surface area contributed by atoms with Gasteiger partial charge in [-0.25, -0.2) is 9.59 Å². The number of hydrogen-bond acceptors (Lipinski definition) is 5. The first-order valence-corrected chi connectivity index (χ1v) is 7.96. The number of rotatable bonds is 3. The van der Waals surface area contributed by atoms with E-state index in [1.807, 2.05) is 30.3 Å². The van der Waals surface area contributed by atoms with Crippen molar-refractivity contribution in [2.45, 2.75) is 0 Å². The number of fused-ring (bicyclic) bond motifs is 1. The Morgan fingerprint density at radius 2 is 1.69 bits per heavy atom. The number of nitrogens with zero attached hydrogens (tertiary/aromatic N) is 1. The van der Waals surface area contributed by atoms with Gasteiger partial charge >= 0.3 is 11.6 Å².